The second-order valence-corrected chi connectivity index (χ2v) is 7.68. The van der Waals surface area contributed by atoms with Gasteiger partial charge in [-0.25, -0.2) is 15.0 Å². The minimum atomic E-state index is 0.832. The van der Waals surface area contributed by atoms with E-state index in [1.54, 1.807) is 40.8 Å². The van der Waals surface area contributed by atoms with Gasteiger partial charge in [0.05, 0.1) is 16.6 Å². The zero-order valence-electron chi connectivity index (χ0n) is 12.4. The Labute approximate surface area is 146 Å². The first-order chi connectivity index (χ1) is 11.3. The number of benzene rings is 1. The molecule has 3 aromatic heterocycles. The smallest absolute Gasteiger partial charge is 0.128 e. The van der Waals surface area contributed by atoms with Crippen molar-refractivity contribution in [3.05, 3.63) is 58.1 Å². The number of fused-ring (bicyclic) bond motifs is 1. The van der Waals surface area contributed by atoms with E-state index in [1.165, 1.54) is 16.7 Å². The Morgan fingerprint density at radius 3 is 2.70 bits per heavy atom. The number of aryl methyl sites for hydroxylation is 1. The van der Waals surface area contributed by atoms with Crippen molar-refractivity contribution in [2.45, 2.75) is 17.7 Å². The van der Waals surface area contributed by atoms with Crippen molar-refractivity contribution in [3.63, 3.8) is 0 Å². The highest BCUT2D eigenvalue weighted by atomic mass is 32.2. The van der Waals surface area contributed by atoms with Crippen LogP contribution in [0, 0.1) is 6.92 Å². The first-order valence-corrected chi connectivity index (χ1v) is 9.91. The van der Waals surface area contributed by atoms with E-state index < -0.39 is 0 Å². The van der Waals surface area contributed by atoms with Crippen LogP contribution in [0.3, 0.4) is 0 Å². The number of hydrogen-bond donors (Lipinski definition) is 0. The average molecular weight is 356 g/mol. The Bertz CT molecular complexity index is 928. The maximum absolute atomic E-state index is 4.52. The molecule has 3 heterocycles. The highest BCUT2D eigenvalue weighted by molar-refractivity contribution is 7.98. The van der Waals surface area contributed by atoms with Crippen LogP contribution in [-0.2, 0) is 5.75 Å². The third kappa shape index (κ3) is 3.02. The Hall–Kier alpha value is -1.76. The van der Waals surface area contributed by atoms with Crippen LogP contribution in [0.2, 0.25) is 0 Å². The van der Waals surface area contributed by atoms with Crippen molar-refractivity contribution in [1.29, 1.82) is 0 Å². The van der Waals surface area contributed by atoms with E-state index in [1.807, 2.05) is 5.51 Å². The molecule has 0 atom stereocenters. The molecule has 0 aliphatic carbocycles. The molecule has 3 nitrogen and oxygen atoms in total. The number of thiophene rings is 1. The average Bonchev–Trinajstić information content (AvgIpc) is 3.23. The Morgan fingerprint density at radius 1 is 1.04 bits per heavy atom. The number of aromatic nitrogens is 3. The Balaban J connectivity index is 1.75. The first kappa shape index (κ1) is 14.8. The largest absolute Gasteiger partial charge is 0.249 e. The molecule has 0 spiro atoms. The fourth-order valence-corrected chi connectivity index (χ4v) is 4.91. The van der Waals surface area contributed by atoms with Crippen LogP contribution in [0.25, 0.3) is 21.3 Å². The molecule has 0 amide bonds. The molecule has 23 heavy (non-hydrogen) atoms. The number of nitrogens with zero attached hydrogens (tertiary/aromatic N) is 3. The van der Waals surface area contributed by atoms with Crippen LogP contribution in [0.15, 0.2) is 51.9 Å². The molecular weight excluding hydrogens is 342 g/mol. The van der Waals surface area contributed by atoms with Gasteiger partial charge in [-0.3, -0.25) is 0 Å². The van der Waals surface area contributed by atoms with E-state index >= 15 is 0 Å². The topological polar surface area (TPSA) is 38.7 Å². The van der Waals surface area contributed by atoms with Crippen LogP contribution in [0.4, 0.5) is 0 Å². The number of thiazole rings is 1. The fraction of sp³-hybridized carbons (Fsp3) is 0.118. The van der Waals surface area contributed by atoms with Gasteiger partial charge < -0.3 is 0 Å². The molecule has 4 rings (SSSR count). The van der Waals surface area contributed by atoms with Gasteiger partial charge in [0.2, 0.25) is 0 Å². The lowest BCUT2D eigenvalue weighted by Gasteiger charge is -2.05. The van der Waals surface area contributed by atoms with Gasteiger partial charge in [0.1, 0.15) is 16.2 Å². The van der Waals surface area contributed by atoms with Gasteiger partial charge in [0.15, 0.2) is 0 Å². The lowest BCUT2D eigenvalue weighted by Crippen LogP contribution is -1.87. The highest BCUT2D eigenvalue weighted by Crippen LogP contribution is 2.38. The van der Waals surface area contributed by atoms with Crippen LogP contribution >= 0.6 is 34.4 Å². The van der Waals surface area contributed by atoms with E-state index in [9.17, 15) is 0 Å². The quantitative estimate of drug-likeness (QED) is 0.362. The zero-order chi connectivity index (χ0) is 15.6. The number of thioether (sulfide) groups is 1. The molecule has 0 aliphatic rings. The number of rotatable bonds is 4. The van der Waals surface area contributed by atoms with E-state index in [2.05, 4.69) is 56.9 Å². The standard InChI is InChI=1S/C17H13N3S3/c1-11-2-4-12(5-3-11)14-8-23-17-15(14)16(18-9-19-17)22-7-13-6-21-10-20-13/h2-6,8-10H,7H2,1H3. The summed E-state index contributed by atoms with van der Waals surface area (Å²) >= 11 is 5.02. The Morgan fingerprint density at radius 2 is 1.91 bits per heavy atom. The molecule has 0 unspecified atom stereocenters. The second-order valence-electron chi connectivity index (χ2n) is 5.14. The van der Waals surface area contributed by atoms with Crippen LogP contribution in [0.5, 0.6) is 0 Å². The molecule has 114 valence electrons. The fourth-order valence-electron chi connectivity index (χ4n) is 2.35. The third-order valence-electron chi connectivity index (χ3n) is 3.54. The normalized spacial score (nSPS) is 11.2. The van der Waals surface area contributed by atoms with Gasteiger partial charge in [-0.1, -0.05) is 41.6 Å². The van der Waals surface area contributed by atoms with Gasteiger partial charge in [0, 0.05) is 22.1 Å². The monoisotopic (exact) mass is 355 g/mol. The van der Waals surface area contributed by atoms with Crippen molar-refractivity contribution >= 4 is 44.7 Å². The number of hydrogen-bond acceptors (Lipinski definition) is 6. The van der Waals surface area contributed by atoms with Crippen molar-refractivity contribution in [2.75, 3.05) is 0 Å². The minimum Gasteiger partial charge on any atom is -0.249 e. The van der Waals surface area contributed by atoms with Gasteiger partial charge in [0.25, 0.3) is 0 Å². The molecule has 0 bridgehead atoms. The summed E-state index contributed by atoms with van der Waals surface area (Å²) in [5.41, 5.74) is 6.66. The summed E-state index contributed by atoms with van der Waals surface area (Å²) in [6.07, 6.45) is 1.65. The summed E-state index contributed by atoms with van der Waals surface area (Å²) in [6, 6.07) is 8.62. The third-order valence-corrected chi connectivity index (χ3v) is 6.08. The van der Waals surface area contributed by atoms with Crippen molar-refractivity contribution in [3.8, 4) is 11.1 Å². The van der Waals surface area contributed by atoms with Crippen LogP contribution < -0.4 is 0 Å². The van der Waals surface area contributed by atoms with E-state index in [0.717, 1.165) is 26.7 Å². The summed E-state index contributed by atoms with van der Waals surface area (Å²) < 4.78 is 0. The minimum absolute atomic E-state index is 0.832. The van der Waals surface area contributed by atoms with Crippen LogP contribution in [0.1, 0.15) is 11.3 Å². The molecule has 0 N–H and O–H groups in total. The molecule has 6 heteroatoms. The predicted molar refractivity (Wildman–Crippen MR) is 99.3 cm³/mol. The predicted octanol–water partition coefficient (Wildman–Crippen LogP) is 5.42. The SMILES string of the molecule is Cc1ccc(-c2csc3ncnc(SCc4cscn4)c23)cc1. The van der Waals surface area contributed by atoms with Gasteiger partial charge in [-0.15, -0.1) is 22.7 Å². The maximum atomic E-state index is 4.52. The highest BCUT2D eigenvalue weighted by Gasteiger charge is 2.13. The first-order valence-electron chi connectivity index (χ1n) is 7.10. The van der Waals surface area contributed by atoms with E-state index in [0.29, 0.717) is 0 Å². The maximum Gasteiger partial charge on any atom is 0.128 e. The lowest BCUT2D eigenvalue weighted by atomic mass is 10.1. The van der Waals surface area contributed by atoms with Gasteiger partial charge in [-0.2, -0.15) is 0 Å². The van der Waals surface area contributed by atoms with Crippen molar-refractivity contribution < 1.29 is 0 Å². The summed E-state index contributed by atoms with van der Waals surface area (Å²) in [6.45, 7) is 2.10. The Kier molecular flexibility index (Phi) is 4.11. The molecule has 4 aromatic rings. The summed E-state index contributed by atoms with van der Waals surface area (Å²) in [7, 11) is 0. The molecule has 0 saturated carbocycles. The lowest BCUT2D eigenvalue weighted by molar-refractivity contribution is 1.10. The van der Waals surface area contributed by atoms with E-state index in [4.69, 9.17) is 0 Å². The zero-order valence-corrected chi connectivity index (χ0v) is 14.8. The molecule has 0 radical (unpaired) electrons. The second kappa shape index (κ2) is 6.39. The van der Waals surface area contributed by atoms with Crippen molar-refractivity contribution in [2.24, 2.45) is 0 Å². The molecule has 1 aromatic carbocycles. The summed E-state index contributed by atoms with van der Waals surface area (Å²) in [5.74, 6) is 0.832. The summed E-state index contributed by atoms with van der Waals surface area (Å²) in [4.78, 5) is 14.3. The van der Waals surface area contributed by atoms with Crippen LogP contribution in [-0.4, -0.2) is 15.0 Å². The molecule has 0 aliphatic heterocycles. The van der Waals surface area contributed by atoms with Gasteiger partial charge in [-0.05, 0) is 12.5 Å². The molecule has 0 fully saturated rings. The molecular formula is C17H13N3S3. The van der Waals surface area contributed by atoms with E-state index in [-0.39, 0.29) is 0 Å². The van der Waals surface area contributed by atoms with Gasteiger partial charge >= 0.3 is 0 Å². The molecule has 0 saturated heterocycles. The van der Waals surface area contributed by atoms with Crippen molar-refractivity contribution in [1.82, 2.24) is 15.0 Å². The summed E-state index contributed by atoms with van der Waals surface area (Å²) in [5, 5.41) is 6.44.